The van der Waals surface area contributed by atoms with E-state index in [4.69, 9.17) is 5.73 Å². The Hall–Kier alpha value is -0.770. The molecule has 0 aromatic carbocycles. The van der Waals surface area contributed by atoms with Crippen LogP contribution < -0.4 is 11.1 Å². The van der Waals surface area contributed by atoms with E-state index in [2.05, 4.69) is 12.2 Å². The van der Waals surface area contributed by atoms with E-state index in [9.17, 15) is 4.79 Å². The topological polar surface area (TPSA) is 58.4 Å². The van der Waals surface area contributed by atoms with Crippen LogP contribution in [0.3, 0.4) is 0 Å². The van der Waals surface area contributed by atoms with Crippen molar-refractivity contribution in [1.29, 1.82) is 0 Å². The molecule has 0 aliphatic carbocycles. The van der Waals surface area contributed by atoms with E-state index in [1.807, 2.05) is 0 Å². The smallest absolute Gasteiger partial charge is 0.314 e. The highest BCUT2D eigenvalue weighted by atomic mass is 16.2. The van der Waals surface area contributed by atoms with Crippen LogP contribution in [0.5, 0.6) is 0 Å². The first-order valence-electron chi connectivity index (χ1n) is 5.51. The number of likely N-dealkylation sites (tertiary alicyclic amines) is 1. The summed E-state index contributed by atoms with van der Waals surface area (Å²) in [6.07, 6.45) is 4.53. The number of carbonyl (C=O) groups excluding carboxylic acids is 1. The zero-order valence-electron chi connectivity index (χ0n) is 8.96. The van der Waals surface area contributed by atoms with Crippen molar-refractivity contribution in [2.45, 2.75) is 38.6 Å². The van der Waals surface area contributed by atoms with Crippen molar-refractivity contribution in [3.63, 3.8) is 0 Å². The molecule has 14 heavy (non-hydrogen) atoms. The number of unbranched alkanes of at least 4 members (excludes halogenated alkanes) is 1. The number of rotatable bonds is 4. The number of hydrogen-bond acceptors (Lipinski definition) is 2. The minimum atomic E-state index is -0.281. The Morgan fingerprint density at radius 1 is 1.50 bits per heavy atom. The van der Waals surface area contributed by atoms with Crippen LogP contribution in [0.1, 0.15) is 32.6 Å². The van der Waals surface area contributed by atoms with Gasteiger partial charge in [0.1, 0.15) is 0 Å². The van der Waals surface area contributed by atoms with Crippen LogP contribution in [-0.2, 0) is 0 Å². The summed E-state index contributed by atoms with van der Waals surface area (Å²) in [5.74, 6) is 0. The minimum Gasteiger partial charge on any atom is -0.351 e. The third-order valence-electron chi connectivity index (χ3n) is 2.77. The number of primary amides is 1. The van der Waals surface area contributed by atoms with E-state index in [0.717, 1.165) is 32.5 Å². The number of nitrogens with zero attached hydrogens (tertiary/aromatic N) is 1. The van der Waals surface area contributed by atoms with Gasteiger partial charge in [-0.25, -0.2) is 4.79 Å². The molecule has 1 aliphatic heterocycles. The van der Waals surface area contributed by atoms with Crippen molar-refractivity contribution >= 4 is 6.03 Å². The van der Waals surface area contributed by atoms with Gasteiger partial charge in [-0.3, -0.25) is 0 Å². The van der Waals surface area contributed by atoms with Gasteiger partial charge in [-0.15, -0.1) is 0 Å². The fraction of sp³-hybridized carbons (Fsp3) is 0.900. The average molecular weight is 199 g/mol. The van der Waals surface area contributed by atoms with E-state index >= 15 is 0 Å². The highest BCUT2D eigenvalue weighted by Crippen LogP contribution is 2.09. The Morgan fingerprint density at radius 3 is 2.64 bits per heavy atom. The first kappa shape index (κ1) is 11.3. The fourth-order valence-electron chi connectivity index (χ4n) is 1.79. The van der Waals surface area contributed by atoms with Crippen molar-refractivity contribution in [2.24, 2.45) is 5.73 Å². The summed E-state index contributed by atoms with van der Waals surface area (Å²) in [5, 5.41) is 3.50. The van der Waals surface area contributed by atoms with E-state index in [1.54, 1.807) is 4.90 Å². The molecule has 0 aromatic rings. The molecule has 4 heteroatoms. The summed E-state index contributed by atoms with van der Waals surface area (Å²) in [5.41, 5.74) is 5.20. The van der Waals surface area contributed by atoms with Gasteiger partial charge >= 0.3 is 6.03 Å². The van der Waals surface area contributed by atoms with Crippen molar-refractivity contribution in [1.82, 2.24) is 10.2 Å². The number of hydrogen-bond donors (Lipinski definition) is 2. The normalized spacial score (nSPS) is 18.5. The van der Waals surface area contributed by atoms with Crippen molar-refractivity contribution in [3.8, 4) is 0 Å². The van der Waals surface area contributed by atoms with Crippen LogP contribution in [-0.4, -0.2) is 36.6 Å². The maximum absolute atomic E-state index is 10.8. The molecular formula is C10H21N3O. The zero-order chi connectivity index (χ0) is 10.4. The summed E-state index contributed by atoms with van der Waals surface area (Å²) in [6.45, 7) is 4.90. The molecule has 82 valence electrons. The molecule has 1 aliphatic rings. The lowest BCUT2D eigenvalue weighted by molar-refractivity contribution is 0.185. The van der Waals surface area contributed by atoms with Crippen LogP contribution >= 0.6 is 0 Å². The predicted octanol–water partition coefficient (Wildman–Crippen LogP) is 0.919. The Morgan fingerprint density at radius 2 is 2.14 bits per heavy atom. The van der Waals surface area contributed by atoms with Gasteiger partial charge in [0.15, 0.2) is 0 Å². The molecule has 2 amide bonds. The molecule has 0 spiro atoms. The first-order chi connectivity index (χ1) is 6.74. The number of carbonyl (C=O) groups is 1. The lowest BCUT2D eigenvalue weighted by atomic mass is 10.1. The van der Waals surface area contributed by atoms with Gasteiger partial charge < -0.3 is 16.0 Å². The molecule has 0 bridgehead atoms. The monoisotopic (exact) mass is 199 g/mol. The Labute approximate surface area is 85.8 Å². The molecule has 3 N–H and O–H groups in total. The largest absolute Gasteiger partial charge is 0.351 e. The number of nitrogens with one attached hydrogen (secondary N) is 1. The maximum atomic E-state index is 10.8. The van der Waals surface area contributed by atoms with Crippen LogP contribution in [0.4, 0.5) is 4.79 Å². The highest BCUT2D eigenvalue weighted by molar-refractivity contribution is 5.72. The van der Waals surface area contributed by atoms with Gasteiger partial charge in [0, 0.05) is 19.1 Å². The van der Waals surface area contributed by atoms with Crippen molar-refractivity contribution in [2.75, 3.05) is 19.6 Å². The molecule has 0 aromatic heterocycles. The second kappa shape index (κ2) is 5.86. The predicted molar refractivity (Wildman–Crippen MR) is 57.1 cm³/mol. The Bertz CT molecular complexity index is 176. The minimum absolute atomic E-state index is 0.281. The maximum Gasteiger partial charge on any atom is 0.314 e. The summed E-state index contributed by atoms with van der Waals surface area (Å²) < 4.78 is 0. The molecule has 0 unspecified atom stereocenters. The van der Waals surface area contributed by atoms with Gasteiger partial charge in [0.2, 0.25) is 0 Å². The first-order valence-corrected chi connectivity index (χ1v) is 5.51. The summed E-state index contributed by atoms with van der Waals surface area (Å²) in [6, 6.07) is 0.300. The molecule has 1 rings (SSSR count). The number of piperidine rings is 1. The lowest BCUT2D eigenvalue weighted by Crippen LogP contribution is -2.46. The van der Waals surface area contributed by atoms with Gasteiger partial charge in [-0.2, -0.15) is 0 Å². The van der Waals surface area contributed by atoms with Crippen LogP contribution in [0.2, 0.25) is 0 Å². The lowest BCUT2D eigenvalue weighted by Gasteiger charge is -2.31. The molecule has 0 saturated carbocycles. The number of nitrogens with two attached hydrogens (primary N) is 1. The van der Waals surface area contributed by atoms with E-state index < -0.39 is 0 Å². The summed E-state index contributed by atoms with van der Waals surface area (Å²) in [4.78, 5) is 12.6. The molecular weight excluding hydrogens is 178 g/mol. The second-order valence-electron chi connectivity index (χ2n) is 3.91. The highest BCUT2D eigenvalue weighted by Gasteiger charge is 2.20. The molecule has 0 atom stereocenters. The van der Waals surface area contributed by atoms with Gasteiger partial charge in [-0.1, -0.05) is 13.3 Å². The van der Waals surface area contributed by atoms with E-state index in [1.165, 1.54) is 12.8 Å². The molecule has 4 nitrogen and oxygen atoms in total. The standard InChI is InChI=1S/C10H21N3O/c1-2-3-6-12-9-4-7-13(8-5-9)10(11)14/h9,12H,2-8H2,1H3,(H2,11,14). The third kappa shape index (κ3) is 3.54. The summed E-state index contributed by atoms with van der Waals surface area (Å²) in [7, 11) is 0. The van der Waals surface area contributed by atoms with E-state index in [0.29, 0.717) is 6.04 Å². The van der Waals surface area contributed by atoms with Crippen molar-refractivity contribution in [3.05, 3.63) is 0 Å². The van der Waals surface area contributed by atoms with Crippen LogP contribution in [0, 0.1) is 0 Å². The van der Waals surface area contributed by atoms with Gasteiger partial charge in [-0.05, 0) is 25.8 Å². The zero-order valence-corrected chi connectivity index (χ0v) is 8.96. The molecule has 1 heterocycles. The number of amides is 2. The van der Waals surface area contributed by atoms with Crippen LogP contribution in [0.25, 0.3) is 0 Å². The summed E-state index contributed by atoms with van der Waals surface area (Å²) >= 11 is 0. The number of urea groups is 1. The van der Waals surface area contributed by atoms with E-state index in [-0.39, 0.29) is 6.03 Å². The SMILES string of the molecule is CCCCNC1CCN(C(N)=O)CC1. The molecule has 0 radical (unpaired) electrons. The van der Waals surface area contributed by atoms with Crippen molar-refractivity contribution < 1.29 is 4.79 Å². The second-order valence-corrected chi connectivity index (χ2v) is 3.91. The quantitative estimate of drug-likeness (QED) is 0.661. The third-order valence-corrected chi connectivity index (χ3v) is 2.77. The average Bonchev–Trinajstić information content (AvgIpc) is 2.19. The van der Waals surface area contributed by atoms with Gasteiger partial charge in [0.05, 0.1) is 0 Å². The Kier molecular flexibility index (Phi) is 4.73. The molecule has 1 fully saturated rings. The fourth-order valence-corrected chi connectivity index (χ4v) is 1.79. The molecule has 1 saturated heterocycles. The Balaban J connectivity index is 2.12. The van der Waals surface area contributed by atoms with Gasteiger partial charge in [0.25, 0.3) is 0 Å². The van der Waals surface area contributed by atoms with Crippen LogP contribution in [0.15, 0.2) is 0 Å².